The number of halogens is 3. The van der Waals surface area contributed by atoms with Crippen LogP contribution in [0.15, 0.2) is 23.6 Å². The summed E-state index contributed by atoms with van der Waals surface area (Å²) in [5.74, 6) is 5.17. The van der Waals surface area contributed by atoms with Crippen molar-refractivity contribution in [1.29, 1.82) is 0 Å². The number of hydrogen-bond acceptors (Lipinski definition) is 3. The van der Waals surface area contributed by atoms with Crippen molar-refractivity contribution in [3.8, 4) is 0 Å². The number of rotatable bonds is 4. The number of hydrogen-bond donors (Lipinski definition) is 2. The maximum atomic E-state index is 13.1. The molecule has 2 rings (SSSR count). The molecule has 6 heteroatoms. The first-order chi connectivity index (χ1) is 9.02. The average molecular weight is 319 g/mol. The van der Waals surface area contributed by atoms with Gasteiger partial charge >= 0.3 is 0 Å². The fraction of sp³-hybridized carbons (Fsp3) is 0.231. The molecule has 1 heterocycles. The highest BCUT2D eigenvalue weighted by atomic mass is 35.5. The van der Waals surface area contributed by atoms with Crippen LogP contribution in [0.3, 0.4) is 0 Å². The minimum atomic E-state index is -0.423. The lowest BCUT2D eigenvalue weighted by Gasteiger charge is -2.15. The fourth-order valence-corrected chi connectivity index (χ4v) is 3.40. The predicted octanol–water partition coefficient (Wildman–Crippen LogP) is 4.25. The molecule has 0 aliphatic rings. The summed E-state index contributed by atoms with van der Waals surface area (Å²) < 4.78 is 13.1. The molecule has 0 saturated heterocycles. The van der Waals surface area contributed by atoms with Crippen LogP contribution in [0.1, 0.15) is 22.0 Å². The first-order valence-corrected chi connectivity index (χ1v) is 7.30. The van der Waals surface area contributed by atoms with Gasteiger partial charge in [0.25, 0.3) is 0 Å². The van der Waals surface area contributed by atoms with Gasteiger partial charge in [0.2, 0.25) is 0 Å². The highest BCUT2D eigenvalue weighted by Crippen LogP contribution is 2.34. The molecule has 1 aromatic carbocycles. The molecule has 0 aliphatic carbocycles. The van der Waals surface area contributed by atoms with Gasteiger partial charge in [-0.25, -0.2) is 4.39 Å². The van der Waals surface area contributed by atoms with E-state index in [1.165, 1.54) is 6.07 Å². The summed E-state index contributed by atoms with van der Waals surface area (Å²) in [5, 5.41) is 2.82. The van der Waals surface area contributed by atoms with Crippen molar-refractivity contribution >= 4 is 34.5 Å². The lowest BCUT2D eigenvalue weighted by molar-refractivity contribution is 0.559. The molecule has 2 nitrogen and oxygen atoms in total. The van der Waals surface area contributed by atoms with Crippen LogP contribution in [-0.2, 0) is 6.42 Å². The smallest absolute Gasteiger partial charge is 0.141 e. The van der Waals surface area contributed by atoms with Crippen LogP contribution < -0.4 is 11.3 Å². The Hall–Kier alpha value is -0.650. The topological polar surface area (TPSA) is 38.0 Å². The standard InChI is InChI=1S/C13H13Cl2FN2S/c1-7-6-19-13(12(7)15)11(18-17)5-8-2-3-10(16)9(14)4-8/h2-4,6,11,18H,5,17H2,1H3. The average Bonchev–Trinajstić information content (AvgIpc) is 2.72. The molecule has 1 unspecified atom stereocenters. The molecule has 0 saturated carbocycles. The first kappa shape index (κ1) is 14.8. The lowest BCUT2D eigenvalue weighted by atomic mass is 10.0. The van der Waals surface area contributed by atoms with E-state index in [2.05, 4.69) is 5.43 Å². The second kappa shape index (κ2) is 6.20. The van der Waals surface area contributed by atoms with Crippen LogP contribution >= 0.6 is 34.5 Å². The Bertz CT molecular complexity index is 586. The molecule has 1 atom stereocenters. The lowest BCUT2D eigenvalue weighted by Crippen LogP contribution is -2.29. The van der Waals surface area contributed by atoms with Gasteiger partial charge in [0, 0.05) is 4.88 Å². The summed E-state index contributed by atoms with van der Waals surface area (Å²) in [5.41, 5.74) is 4.67. The van der Waals surface area contributed by atoms with Gasteiger partial charge in [-0.15, -0.1) is 11.3 Å². The number of hydrazine groups is 1. The highest BCUT2D eigenvalue weighted by Gasteiger charge is 2.17. The van der Waals surface area contributed by atoms with Gasteiger partial charge in [-0.2, -0.15) is 0 Å². The second-order valence-corrected chi connectivity index (χ2v) is 5.97. The van der Waals surface area contributed by atoms with E-state index < -0.39 is 5.82 Å². The van der Waals surface area contributed by atoms with Crippen molar-refractivity contribution in [2.75, 3.05) is 0 Å². The Morgan fingerprint density at radius 3 is 2.68 bits per heavy atom. The number of nitrogens with one attached hydrogen (secondary N) is 1. The Labute approximate surface area is 125 Å². The molecule has 19 heavy (non-hydrogen) atoms. The zero-order valence-electron chi connectivity index (χ0n) is 10.2. The molecule has 1 aromatic heterocycles. The maximum Gasteiger partial charge on any atom is 0.141 e. The van der Waals surface area contributed by atoms with Crippen molar-refractivity contribution in [3.05, 3.63) is 55.4 Å². The normalized spacial score (nSPS) is 12.7. The van der Waals surface area contributed by atoms with Crippen LogP contribution in [0.4, 0.5) is 4.39 Å². The zero-order valence-corrected chi connectivity index (χ0v) is 12.5. The molecule has 0 spiro atoms. The molecule has 3 N–H and O–H groups in total. The molecule has 2 aromatic rings. The molecule has 0 fully saturated rings. The fourth-order valence-electron chi connectivity index (χ4n) is 1.81. The molecule has 102 valence electrons. The quantitative estimate of drug-likeness (QED) is 0.653. The molecular formula is C13H13Cl2FN2S. The van der Waals surface area contributed by atoms with Crippen LogP contribution in [0.25, 0.3) is 0 Å². The highest BCUT2D eigenvalue weighted by molar-refractivity contribution is 7.10. The van der Waals surface area contributed by atoms with Crippen molar-refractivity contribution in [3.63, 3.8) is 0 Å². The Morgan fingerprint density at radius 1 is 1.42 bits per heavy atom. The van der Waals surface area contributed by atoms with E-state index in [0.717, 1.165) is 21.0 Å². The van der Waals surface area contributed by atoms with Gasteiger partial charge in [0.1, 0.15) is 5.82 Å². The van der Waals surface area contributed by atoms with E-state index in [-0.39, 0.29) is 11.1 Å². The maximum absolute atomic E-state index is 13.1. The first-order valence-electron chi connectivity index (χ1n) is 5.66. The Morgan fingerprint density at radius 2 is 2.16 bits per heavy atom. The summed E-state index contributed by atoms with van der Waals surface area (Å²) in [6.45, 7) is 1.95. The summed E-state index contributed by atoms with van der Waals surface area (Å²) >= 11 is 13.6. The number of thiophene rings is 1. The zero-order chi connectivity index (χ0) is 14.0. The Balaban J connectivity index is 2.24. The van der Waals surface area contributed by atoms with Crippen molar-refractivity contribution in [1.82, 2.24) is 5.43 Å². The monoisotopic (exact) mass is 318 g/mol. The minimum Gasteiger partial charge on any atom is -0.271 e. The SMILES string of the molecule is Cc1csc(C(Cc2ccc(F)c(Cl)c2)NN)c1Cl. The van der Waals surface area contributed by atoms with Crippen molar-refractivity contribution in [2.24, 2.45) is 5.84 Å². The van der Waals surface area contributed by atoms with E-state index in [1.54, 1.807) is 23.5 Å². The predicted molar refractivity (Wildman–Crippen MR) is 79.2 cm³/mol. The largest absolute Gasteiger partial charge is 0.271 e. The van der Waals surface area contributed by atoms with Gasteiger partial charge in [-0.1, -0.05) is 29.3 Å². The van der Waals surface area contributed by atoms with Gasteiger partial charge in [-0.3, -0.25) is 11.3 Å². The minimum absolute atomic E-state index is 0.113. The van der Waals surface area contributed by atoms with E-state index in [4.69, 9.17) is 29.0 Å². The molecule has 0 aliphatic heterocycles. The number of benzene rings is 1. The molecule has 0 bridgehead atoms. The van der Waals surface area contributed by atoms with Crippen LogP contribution in [0.5, 0.6) is 0 Å². The van der Waals surface area contributed by atoms with Crippen LogP contribution in [-0.4, -0.2) is 0 Å². The number of nitrogens with two attached hydrogens (primary N) is 1. The summed E-state index contributed by atoms with van der Waals surface area (Å²) in [7, 11) is 0. The third kappa shape index (κ3) is 3.27. The number of aryl methyl sites for hydroxylation is 1. The van der Waals surface area contributed by atoms with Crippen LogP contribution in [0, 0.1) is 12.7 Å². The third-order valence-electron chi connectivity index (χ3n) is 2.87. The van der Waals surface area contributed by atoms with Gasteiger partial charge in [-0.05, 0) is 42.0 Å². The van der Waals surface area contributed by atoms with Crippen molar-refractivity contribution in [2.45, 2.75) is 19.4 Å². The second-order valence-electron chi connectivity index (χ2n) is 4.27. The summed E-state index contributed by atoms with van der Waals surface area (Å²) in [6, 6.07) is 4.54. The molecule has 0 radical (unpaired) electrons. The van der Waals surface area contributed by atoms with Crippen LogP contribution in [0.2, 0.25) is 10.0 Å². The van der Waals surface area contributed by atoms with E-state index in [9.17, 15) is 4.39 Å². The Kier molecular flexibility index (Phi) is 4.81. The summed E-state index contributed by atoms with van der Waals surface area (Å²) in [6.07, 6.45) is 0.593. The summed E-state index contributed by atoms with van der Waals surface area (Å²) in [4.78, 5) is 0.974. The van der Waals surface area contributed by atoms with Gasteiger partial charge in [0.05, 0.1) is 16.1 Å². The van der Waals surface area contributed by atoms with E-state index >= 15 is 0 Å². The molecular weight excluding hydrogens is 306 g/mol. The van der Waals surface area contributed by atoms with E-state index in [0.29, 0.717) is 6.42 Å². The van der Waals surface area contributed by atoms with Gasteiger partial charge < -0.3 is 0 Å². The van der Waals surface area contributed by atoms with E-state index in [1.807, 2.05) is 12.3 Å². The third-order valence-corrected chi connectivity index (χ3v) is 4.98. The van der Waals surface area contributed by atoms with Gasteiger partial charge in [0.15, 0.2) is 0 Å². The van der Waals surface area contributed by atoms with Crippen molar-refractivity contribution < 1.29 is 4.39 Å². The molecule has 0 amide bonds.